The lowest BCUT2D eigenvalue weighted by atomic mass is 9.54. The number of amides is 2. The summed E-state index contributed by atoms with van der Waals surface area (Å²) in [4.78, 5) is 16.1. The number of anilines is 1. The molecule has 0 saturated heterocycles. The monoisotopic (exact) mass is 354 g/mol. The van der Waals surface area contributed by atoms with Crippen molar-refractivity contribution < 1.29 is 17.7 Å². The number of aromatic nitrogens is 2. The molecule has 4 saturated carbocycles. The quantitative estimate of drug-likeness (QED) is 0.848. The highest BCUT2D eigenvalue weighted by Crippen LogP contribution is 2.53. The summed E-state index contributed by atoms with van der Waals surface area (Å²) in [5.74, 6) is 2.59. The number of nitrogens with one attached hydrogen (secondary N) is 2. The van der Waals surface area contributed by atoms with Crippen molar-refractivity contribution >= 4 is 21.9 Å². The first kappa shape index (κ1) is 15.9. The van der Waals surface area contributed by atoms with E-state index in [2.05, 4.69) is 20.8 Å². The molecule has 24 heavy (non-hydrogen) atoms. The fourth-order valence-corrected chi connectivity index (χ4v) is 5.63. The number of sulfone groups is 1. The summed E-state index contributed by atoms with van der Waals surface area (Å²) < 4.78 is 27.3. The summed E-state index contributed by atoms with van der Waals surface area (Å²) >= 11 is 0. The molecule has 8 nitrogen and oxygen atoms in total. The maximum atomic E-state index is 12.2. The highest BCUT2D eigenvalue weighted by molar-refractivity contribution is 7.89. The molecule has 0 unspecified atom stereocenters. The number of rotatable bonds is 4. The van der Waals surface area contributed by atoms with Crippen molar-refractivity contribution in [2.75, 3.05) is 11.6 Å². The summed E-state index contributed by atoms with van der Waals surface area (Å²) in [6, 6.07) is -0.215. The molecule has 0 aromatic carbocycles. The highest BCUT2D eigenvalue weighted by atomic mass is 32.2. The largest absolute Gasteiger partial charge is 0.334 e. The van der Waals surface area contributed by atoms with Gasteiger partial charge in [-0.1, -0.05) is 5.16 Å². The van der Waals surface area contributed by atoms with Crippen molar-refractivity contribution in [2.45, 2.75) is 43.9 Å². The Morgan fingerprint density at radius 2 is 1.79 bits per heavy atom. The second-order valence-corrected chi connectivity index (χ2v) is 9.78. The minimum Gasteiger partial charge on any atom is -0.334 e. The zero-order valence-electron chi connectivity index (χ0n) is 13.6. The van der Waals surface area contributed by atoms with Crippen LogP contribution in [0.25, 0.3) is 0 Å². The van der Waals surface area contributed by atoms with E-state index >= 15 is 0 Å². The van der Waals surface area contributed by atoms with E-state index in [9.17, 15) is 13.2 Å². The minimum atomic E-state index is -3.24. The van der Waals surface area contributed by atoms with E-state index in [4.69, 9.17) is 4.52 Å². The van der Waals surface area contributed by atoms with E-state index < -0.39 is 9.84 Å². The standard InChI is InChI=1S/C15H22N4O4S/c1-24(21,22)7-12-16-15(23-19-12)18-14(20)17-13-10-3-8-2-9(5-10)6-11(13)4-8/h8-11,13H,2-7H2,1H3,(H2,16,17,18,19,20). The molecule has 0 spiro atoms. The number of carbonyl (C=O) groups is 1. The molecule has 0 radical (unpaired) electrons. The summed E-state index contributed by atoms with van der Waals surface area (Å²) in [6.45, 7) is 0. The number of hydrogen-bond acceptors (Lipinski definition) is 6. The van der Waals surface area contributed by atoms with E-state index in [0.717, 1.165) is 18.1 Å². The van der Waals surface area contributed by atoms with E-state index in [1.165, 1.54) is 32.1 Å². The topological polar surface area (TPSA) is 114 Å². The predicted molar refractivity (Wildman–Crippen MR) is 85.8 cm³/mol. The summed E-state index contributed by atoms with van der Waals surface area (Å²) in [7, 11) is -3.24. The van der Waals surface area contributed by atoms with Crippen LogP contribution in [0.5, 0.6) is 0 Å². The molecule has 0 atom stereocenters. The van der Waals surface area contributed by atoms with Gasteiger partial charge in [-0.05, 0) is 55.8 Å². The fourth-order valence-electron chi connectivity index (χ4n) is 5.04. The highest BCUT2D eigenvalue weighted by Gasteiger charge is 2.48. The molecule has 4 fully saturated rings. The Morgan fingerprint density at radius 1 is 1.17 bits per heavy atom. The second-order valence-electron chi connectivity index (χ2n) is 7.64. The fraction of sp³-hybridized carbons (Fsp3) is 0.800. The molecular weight excluding hydrogens is 332 g/mol. The second kappa shape index (κ2) is 5.72. The van der Waals surface area contributed by atoms with Gasteiger partial charge in [0.05, 0.1) is 0 Å². The molecule has 9 heteroatoms. The molecule has 1 heterocycles. The van der Waals surface area contributed by atoms with Crippen LogP contribution < -0.4 is 10.6 Å². The van der Waals surface area contributed by atoms with Gasteiger partial charge in [0.2, 0.25) is 0 Å². The van der Waals surface area contributed by atoms with Crippen LogP contribution in [0.4, 0.5) is 10.8 Å². The Bertz CT molecular complexity index is 716. The van der Waals surface area contributed by atoms with Gasteiger partial charge >= 0.3 is 12.0 Å². The zero-order valence-corrected chi connectivity index (χ0v) is 14.4. The van der Waals surface area contributed by atoms with E-state index in [-0.39, 0.29) is 29.7 Å². The minimum absolute atomic E-state index is 0.0439. The Hall–Kier alpha value is -1.64. The third kappa shape index (κ3) is 3.26. The van der Waals surface area contributed by atoms with Gasteiger partial charge in [0.1, 0.15) is 5.75 Å². The van der Waals surface area contributed by atoms with Crippen LogP contribution in [0, 0.1) is 23.7 Å². The maximum Gasteiger partial charge on any atom is 0.329 e. The van der Waals surface area contributed by atoms with Crippen LogP contribution in [-0.2, 0) is 15.6 Å². The van der Waals surface area contributed by atoms with Crippen LogP contribution in [0.3, 0.4) is 0 Å². The Balaban J connectivity index is 1.35. The van der Waals surface area contributed by atoms with Gasteiger partial charge in [-0.3, -0.25) is 5.32 Å². The van der Waals surface area contributed by atoms with Gasteiger partial charge in [-0.15, -0.1) is 0 Å². The lowest BCUT2D eigenvalue weighted by Gasteiger charge is -2.54. The van der Waals surface area contributed by atoms with E-state index in [1.54, 1.807) is 0 Å². The normalized spacial score (nSPS) is 34.3. The Labute approximate surface area is 140 Å². The van der Waals surface area contributed by atoms with Gasteiger partial charge in [0.25, 0.3) is 0 Å². The Kier molecular flexibility index (Phi) is 3.78. The molecule has 2 N–H and O–H groups in total. The first-order valence-electron chi connectivity index (χ1n) is 8.43. The average Bonchev–Trinajstić information content (AvgIpc) is 2.87. The van der Waals surface area contributed by atoms with Gasteiger partial charge < -0.3 is 9.84 Å². The molecule has 1 aromatic rings. The van der Waals surface area contributed by atoms with Crippen LogP contribution in [0.2, 0.25) is 0 Å². The Morgan fingerprint density at radius 3 is 2.38 bits per heavy atom. The number of urea groups is 1. The molecule has 0 aliphatic heterocycles. The van der Waals surface area contributed by atoms with Crippen LogP contribution in [-0.4, -0.2) is 36.9 Å². The molecule has 4 aliphatic rings. The average molecular weight is 354 g/mol. The maximum absolute atomic E-state index is 12.2. The lowest BCUT2D eigenvalue weighted by molar-refractivity contribution is -0.00885. The molecule has 4 aliphatic carbocycles. The van der Waals surface area contributed by atoms with Gasteiger partial charge in [0, 0.05) is 12.3 Å². The van der Waals surface area contributed by atoms with Crippen molar-refractivity contribution in [3.05, 3.63) is 5.82 Å². The van der Waals surface area contributed by atoms with Gasteiger partial charge in [0.15, 0.2) is 15.7 Å². The number of hydrogen-bond donors (Lipinski definition) is 2. The predicted octanol–water partition coefficient (Wildman–Crippen LogP) is 1.56. The molecule has 132 valence electrons. The third-order valence-corrected chi connectivity index (χ3v) is 6.39. The molecule has 1 aromatic heterocycles. The van der Waals surface area contributed by atoms with Gasteiger partial charge in [-0.25, -0.2) is 13.2 Å². The number of nitrogens with zero attached hydrogens (tertiary/aromatic N) is 2. The number of carbonyl (C=O) groups excluding carboxylic acids is 1. The molecular formula is C15H22N4O4S. The van der Waals surface area contributed by atoms with Crippen molar-refractivity contribution in [3.63, 3.8) is 0 Å². The van der Waals surface area contributed by atoms with Gasteiger partial charge in [-0.2, -0.15) is 4.98 Å². The van der Waals surface area contributed by atoms with E-state index in [1.807, 2.05) is 0 Å². The van der Waals surface area contributed by atoms with Crippen LogP contribution in [0.1, 0.15) is 37.9 Å². The summed E-state index contributed by atoms with van der Waals surface area (Å²) in [5, 5.41) is 9.16. The molecule has 5 rings (SSSR count). The van der Waals surface area contributed by atoms with Crippen molar-refractivity contribution in [1.29, 1.82) is 0 Å². The molecule has 4 bridgehead atoms. The SMILES string of the molecule is CS(=O)(=O)Cc1noc(NC(=O)NC2C3CC4CC(C3)CC2C4)n1. The van der Waals surface area contributed by atoms with Crippen LogP contribution in [0.15, 0.2) is 4.52 Å². The third-order valence-electron chi connectivity index (χ3n) is 5.60. The smallest absolute Gasteiger partial charge is 0.329 e. The van der Waals surface area contributed by atoms with Crippen molar-refractivity contribution in [3.8, 4) is 0 Å². The summed E-state index contributed by atoms with van der Waals surface area (Å²) in [6.07, 6.45) is 7.34. The zero-order chi connectivity index (χ0) is 16.9. The van der Waals surface area contributed by atoms with Crippen LogP contribution >= 0.6 is 0 Å². The summed E-state index contributed by atoms with van der Waals surface area (Å²) in [5.41, 5.74) is 0. The van der Waals surface area contributed by atoms with Crippen molar-refractivity contribution in [2.24, 2.45) is 23.7 Å². The first-order chi connectivity index (χ1) is 11.4. The molecule has 2 amide bonds. The van der Waals surface area contributed by atoms with E-state index in [0.29, 0.717) is 11.8 Å². The van der Waals surface area contributed by atoms with Crippen molar-refractivity contribution in [1.82, 2.24) is 15.5 Å². The first-order valence-corrected chi connectivity index (χ1v) is 10.5. The lowest BCUT2D eigenvalue weighted by Crippen LogP contribution is -2.56.